The summed E-state index contributed by atoms with van der Waals surface area (Å²) in [5.74, 6) is -1.34. The van der Waals surface area contributed by atoms with Crippen LogP contribution >= 0.6 is 11.3 Å². The summed E-state index contributed by atoms with van der Waals surface area (Å²) >= 11 is 1.11. The molecule has 0 aliphatic heterocycles. The highest BCUT2D eigenvalue weighted by Gasteiger charge is 2.22. The zero-order valence-corrected chi connectivity index (χ0v) is 18.9. The molecule has 168 valence electrons. The molecular weight excluding hydrogens is 465 g/mol. The number of imidazole rings is 1. The lowest BCUT2D eigenvalue weighted by atomic mass is 10.1. The zero-order valence-electron chi connectivity index (χ0n) is 18.1. The van der Waals surface area contributed by atoms with Crippen LogP contribution in [0.4, 0.5) is 13.2 Å². The summed E-state index contributed by atoms with van der Waals surface area (Å²) in [6.45, 7) is 0. The lowest BCUT2D eigenvalue weighted by Gasteiger charge is -2.12. The van der Waals surface area contributed by atoms with Crippen LogP contribution in [0.15, 0.2) is 91.0 Å². The first-order valence-electron chi connectivity index (χ1n) is 11.1. The number of rotatable bonds is 2. The van der Waals surface area contributed by atoms with Crippen molar-refractivity contribution in [3.05, 3.63) is 108 Å². The van der Waals surface area contributed by atoms with E-state index in [1.165, 1.54) is 12.1 Å². The lowest BCUT2D eigenvalue weighted by molar-refractivity contribution is 0.593. The molecule has 2 aromatic heterocycles. The topological polar surface area (TPSA) is 17.8 Å². The van der Waals surface area contributed by atoms with Gasteiger partial charge in [-0.15, -0.1) is 11.3 Å². The van der Waals surface area contributed by atoms with E-state index in [1.54, 1.807) is 6.07 Å². The van der Waals surface area contributed by atoms with Crippen LogP contribution in [0, 0.1) is 17.5 Å². The largest absolute Gasteiger partial charge is 0.292 e. The number of hydrogen-bond donors (Lipinski definition) is 0. The van der Waals surface area contributed by atoms with Crippen LogP contribution in [0.1, 0.15) is 0 Å². The normalized spacial score (nSPS) is 11.9. The van der Waals surface area contributed by atoms with E-state index >= 15 is 4.39 Å². The Hall–Kier alpha value is -4.16. The van der Waals surface area contributed by atoms with E-state index in [4.69, 9.17) is 4.98 Å². The average Bonchev–Trinajstić information content (AvgIpc) is 3.44. The smallest absolute Gasteiger partial charge is 0.147 e. The minimum Gasteiger partial charge on any atom is -0.292 e. The molecule has 0 radical (unpaired) electrons. The second-order valence-electron chi connectivity index (χ2n) is 8.46. The van der Waals surface area contributed by atoms with Crippen molar-refractivity contribution in [2.75, 3.05) is 0 Å². The Bertz CT molecular complexity index is 1950. The quantitative estimate of drug-likeness (QED) is 0.242. The van der Waals surface area contributed by atoms with Gasteiger partial charge in [0.2, 0.25) is 0 Å². The highest BCUT2D eigenvalue weighted by Crippen LogP contribution is 2.43. The summed E-state index contributed by atoms with van der Waals surface area (Å²) in [5.41, 5.74) is 3.25. The fourth-order valence-corrected chi connectivity index (χ4v) is 6.04. The maximum atomic E-state index is 15.0. The Morgan fingerprint density at radius 1 is 0.686 bits per heavy atom. The molecule has 35 heavy (non-hydrogen) atoms. The molecule has 0 N–H and O–H groups in total. The van der Waals surface area contributed by atoms with E-state index in [0.717, 1.165) is 44.9 Å². The second-order valence-corrected chi connectivity index (χ2v) is 9.48. The van der Waals surface area contributed by atoms with Crippen molar-refractivity contribution >= 4 is 53.3 Å². The third kappa shape index (κ3) is 3.00. The molecule has 6 heteroatoms. The van der Waals surface area contributed by atoms with Crippen LogP contribution < -0.4 is 0 Å². The minimum atomic E-state index is -0.733. The first-order valence-corrected chi connectivity index (χ1v) is 11.9. The van der Waals surface area contributed by atoms with Gasteiger partial charge in [0, 0.05) is 32.8 Å². The van der Waals surface area contributed by atoms with E-state index in [0.29, 0.717) is 16.1 Å². The molecule has 0 saturated carbocycles. The molecule has 7 rings (SSSR count). The van der Waals surface area contributed by atoms with E-state index in [9.17, 15) is 8.78 Å². The van der Waals surface area contributed by atoms with Gasteiger partial charge in [0.1, 0.15) is 23.3 Å². The molecule has 0 aliphatic carbocycles. The third-order valence-electron chi connectivity index (χ3n) is 6.38. The summed E-state index contributed by atoms with van der Waals surface area (Å²) in [6, 6.07) is 27.1. The molecule has 2 nitrogen and oxygen atoms in total. The first kappa shape index (κ1) is 20.2. The SMILES string of the molecule is Fc1cc(F)c2sc3c(-c4nc5ccccc5n4-c4ccc5ccccc5c4)ccc(F)c3c2c1. The number of benzene rings is 5. The van der Waals surface area contributed by atoms with E-state index < -0.39 is 17.5 Å². The van der Waals surface area contributed by atoms with Gasteiger partial charge in [-0.25, -0.2) is 18.2 Å². The van der Waals surface area contributed by atoms with Crippen molar-refractivity contribution in [3.63, 3.8) is 0 Å². The van der Waals surface area contributed by atoms with Gasteiger partial charge in [-0.05, 0) is 53.2 Å². The molecule has 0 fully saturated rings. The highest BCUT2D eigenvalue weighted by molar-refractivity contribution is 7.26. The maximum absolute atomic E-state index is 15.0. The molecule has 0 atom stereocenters. The molecule has 7 aromatic rings. The van der Waals surface area contributed by atoms with Crippen molar-refractivity contribution in [2.24, 2.45) is 0 Å². The van der Waals surface area contributed by atoms with Gasteiger partial charge in [0.05, 0.1) is 15.7 Å². The summed E-state index contributed by atoms with van der Waals surface area (Å²) in [7, 11) is 0. The maximum Gasteiger partial charge on any atom is 0.147 e. The average molecular weight is 481 g/mol. The fraction of sp³-hybridized carbons (Fsp3) is 0. The van der Waals surface area contributed by atoms with Gasteiger partial charge in [-0.2, -0.15) is 0 Å². The first-order chi connectivity index (χ1) is 17.1. The Morgan fingerprint density at radius 2 is 1.49 bits per heavy atom. The number of para-hydroxylation sites is 2. The zero-order chi connectivity index (χ0) is 23.7. The summed E-state index contributed by atoms with van der Waals surface area (Å²) in [6.07, 6.45) is 0. The van der Waals surface area contributed by atoms with Crippen LogP contribution in [0.3, 0.4) is 0 Å². The lowest BCUT2D eigenvalue weighted by Crippen LogP contribution is -1.98. The van der Waals surface area contributed by atoms with Gasteiger partial charge in [-0.3, -0.25) is 4.57 Å². The van der Waals surface area contributed by atoms with E-state index in [-0.39, 0.29) is 15.5 Å². The minimum absolute atomic E-state index is 0.206. The van der Waals surface area contributed by atoms with E-state index in [2.05, 4.69) is 24.3 Å². The molecule has 0 saturated heterocycles. The van der Waals surface area contributed by atoms with Gasteiger partial charge in [0.25, 0.3) is 0 Å². The van der Waals surface area contributed by atoms with Crippen LogP contribution in [0.25, 0.3) is 59.1 Å². The summed E-state index contributed by atoms with van der Waals surface area (Å²) in [5, 5.41) is 2.64. The predicted octanol–water partition coefficient (Wildman–Crippen LogP) is 8.63. The molecule has 2 heterocycles. The molecule has 0 spiro atoms. The second kappa shape index (κ2) is 7.42. The number of aromatic nitrogens is 2. The molecule has 0 aliphatic rings. The Balaban J connectivity index is 1.60. The van der Waals surface area contributed by atoms with Crippen molar-refractivity contribution in [1.29, 1.82) is 0 Å². The number of hydrogen-bond acceptors (Lipinski definition) is 2. The standard InChI is InChI=1S/C29H15F3N2S/c30-18-14-21-26-22(31)12-11-20(28(26)35-27(21)23(32)15-18)29-33-24-7-3-4-8-25(24)34(29)19-10-9-16-5-1-2-6-17(16)13-19/h1-15H. The van der Waals surface area contributed by atoms with Gasteiger partial charge < -0.3 is 0 Å². The monoisotopic (exact) mass is 480 g/mol. The number of thiophene rings is 1. The van der Waals surface area contributed by atoms with Crippen molar-refractivity contribution in [1.82, 2.24) is 9.55 Å². The van der Waals surface area contributed by atoms with E-state index in [1.807, 2.05) is 47.0 Å². The van der Waals surface area contributed by atoms with Crippen molar-refractivity contribution < 1.29 is 13.2 Å². The Kier molecular flexibility index (Phi) is 4.29. The van der Waals surface area contributed by atoms with Gasteiger partial charge in [-0.1, -0.05) is 42.5 Å². The Morgan fingerprint density at radius 3 is 2.37 bits per heavy atom. The van der Waals surface area contributed by atoms with Crippen LogP contribution in [0.5, 0.6) is 0 Å². The third-order valence-corrected chi connectivity index (χ3v) is 7.63. The molecular formula is C29H15F3N2S. The predicted molar refractivity (Wildman–Crippen MR) is 137 cm³/mol. The summed E-state index contributed by atoms with van der Waals surface area (Å²) in [4.78, 5) is 4.91. The number of halogens is 3. The highest BCUT2D eigenvalue weighted by atomic mass is 32.1. The van der Waals surface area contributed by atoms with Crippen molar-refractivity contribution in [3.8, 4) is 17.1 Å². The van der Waals surface area contributed by atoms with Crippen LogP contribution in [0.2, 0.25) is 0 Å². The number of nitrogens with zero attached hydrogens (tertiary/aromatic N) is 2. The van der Waals surface area contributed by atoms with Crippen LogP contribution in [-0.4, -0.2) is 9.55 Å². The fourth-order valence-electron chi connectivity index (χ4n) is 4.83. The van der Waals surface area contributed by atoms with Gasteiger partial charge in [0.15, 0.2) is 0 Å². The molecule has 0 bridgehead atoms. The molecule has 0 unspecified atom stereocenters. The molecule has 0 amide bonds. The van der Waals surface area contributed by atoms with Crippen LogP contribution in [-0.2, 0) is 0 Å². The van der Waals surface area contributed by atoms with Gasteiger partial charge >= 0.3 is 0 Å². The Labute approximate surface area is 201 Å². The van der Waals surface area contributed by atoms with Crippen molar-refractivity contribution in [2.45, 2.75) is 0 Å². The molecule has 5 aromatic carbocycles. The number of fused-ring (bicyclic) bond motifs is 5. The summed E-state index contributed by atoms with van der Waals surface area (Å²) < 4.78 is 46.5.